The zero-order chi connectivity index (χ0) is 24.4. The Bertz CT molecular complexity index is 1080. The predicted molar refractivity (Wildman–Crippen MR) is 123 cm³/mol. The lowest BCUT2D eigenvalue weighted by Gasteiger charge is -2.39. The van der Waals surface area contributed by atoms with E-state index in [1.807, 2.05) is 6.92 Å². The summed E-state index contributed by atoms with van der Waals surface area (Å²) in [6, 6.07) is 11.2. The van der Waals surface area contributed by atoms with Gasteiger partial charge in [-0.15, -0.1) is 0 Å². The molecule has 1 fully saturated rings. The van der Waals surface area contributed by atoms with E-state index in [0.29, 0.717) is 24.5 Å². The van der Waals surface area contributed by atoms with Gasteiger partial charge in [0.05, 0.1) is 17.5 Å². The van der Waals surface area contributed by atoms with Crippen LogP contribution < -0.4 is 9.21 Å². The van der Waals surface area contributed by atoms with Gasteiger partial charge in [-0.25, -0.2) is 8.42 Å². The summed E-state index contributed by atoms with van der Waals surface area (Å²) >= 11 is 0. The average molecular weight is 484 g/mol. The Labute approximate surface area is 192 Å². The number of carbonyl (C=O) groups excluding carboxylic acids is 1. The molecule has 0 aromatic heterocycles. The lowest BCUT2D eigenvalue weighted by atomic mass is 10.1. The van der Waals surface area contributed by atoms with Crippen LogP contribution in [0.3, 0.4) is 0 Å². The Morgan fingerprint density at radius 1 is 1.06 bits per heavy atom. The molecule has 180 valence electrons. The Kier molecular flexibility index (Phi) is 7.26. The Morgan fingerprint density at radius 3 is 2.18 bits per heavy atom. The molecule has 1 aliphatic rings. The monoisotopic (exact) mass is 483 g/mol. The molecule has 33 heavy (non-hydrogen) atoms. The fourth-order valence-electron chi connectivity index (χ4n) is 4.01. The van der Waals surface area contributed by atoms with Crippen LogP contribution >= 0.6 is 0 Å². The van der Waals surface area contributed by atoms with E-state index in [2.05, 4.69) is 0 Å². The van der Waals surface area contributed by atoms with Gasteiger partial charge >= 0.3 is 6.18 Å². The summed E-state index contributed by atoms with van der Waals surface area (Å²) < 4.78 is 65.5. The fraction of sp³-hybridized carbons (Fsp3) is 0.435. The van der Waals surface area contributed by atoms with Crippen LogP contribution in [0.25, 0.3) is 0 Å². The molecule has 0 saturated carbocycles. The highest BCUT2D eigenvalue weighted by atomic mass is 32.2. The van der Waals surface area contributed by atoms with E-state index < -0.39 is 27.8 Å². The standard InChI is InChI=1S/C23H28F3N3O3S/c1-4-21(29(33(3,31)32)19-10-8-17(2)9-11-19)22(30)28-14-12-27(13-15-28)20-7-5-6-18(16-20)23(24,25)26/h5-11,16,21H,4,12-15H2,1-3H3. The van der Waals surface area contributed by atoms with Gasteiger partial charge in [-0.3, -0.25) is 9.10 Å². The summed E-state index contributed by atoms with van der Waals surface area (Å²) in [5.74, 6) is -0.313. The molecular weight excluding hydrogens is 455 g/mol. The molecule has 1 heterocycles. The first-order chi connectivity index (χ1) is 15.4. The first kappa shape index (κ1) is 24.9. The molecule has 6 nitrogen and oxygen atoms in total. The second kappa shape index (κ2) is 9.62. The number of rotatable bonds is 6. The van der Waals surface area contributed by atoms with Crippen molar-refractivity contribution in [1.82, 2.24) is 4.90 Å². The summed E-state index contributed by atoms with van der Waals surface area (Å²) in [7, 11) is -3.73. The summed E-state index contributed by atoms with van der Waals surface area (Å²) in [6.07, 6.45) is -3.06. The van der Waals surface area contributed by atoms with E-state index >= 15 is 0 Å². The number of anilines is 2. The van der Waals surface area contributed by atoms with Crippen molar-refractivity contribution in [2.24, 2.45) is 0 Å². The molecule has 0 aliphatic carbocycles. The van der Waals surface area contributed by atoms with E-state index in [1.165, 1.54) is 6.07 Å². The second-order valence-corrected chi connectivity index (χ2v) is 10.0. The van der Waals surface area contributed by atoms with Crippen molar-refractivity contribution in [1.29, 1.82) is 0 Å². The molecule has 1 unspecified atom stereocenters. The van der Waals surface area contributed by atoms with Crippen molar-refractivity contribution in [2.75, 3.05) is 41.6 Å². The summed E-state index contributed by atoms with van der Waals surface area (Å²) in [4.78, 5) is 16.7. The van der Waals surface area contributed by atoms with Gasteiger partial charge in [-0.1, -0.05) is 30.7 Å². The Balaban J connectivity index is 1.76. The van der Waals surface area contributed by atoms with Crippen LogP contribution in [0.2, 0.25) is 0 Å². The van der Waals surface area contributed by atoms with Crippen molar-refractivity contribution in [3.8, 4) is 0 Å². The molecule has 2 aromatic carbocycles. The number of piperazine rings is 1. The van der Waals surface area contributed by atoms with Gasteiger partial charge in [0.2, 0.25) is 15.9 Å². The topological polar surface area (TPSA) is 60.9 Å². The summed E-state index contributed by atoms with van der Waals surface area (Å²) in [5.41, 5.74) is 1.12. The molecule has 1 amide bonds. The highest BCUT2D eigenvalue weighted by molar-refractivity contribution is 7.92. The van der Waals surface area contributed by atoms with Crippen LogP contribution in [0.1, 0.15) is 24.5 Å². The normalized spacial score (nSPS) is 15.9. The number of sulfonamides is 1. The SMILES string of the molecule is CCC(C(=O)N1CCN(c2cccc(C(F)(F)F)c2)CC1)N(c1ccc(C)cc1)S(C)(=O)=O. The second-order valence-electron chi connectivity index (χ2n) is 8.18. The highest BCUT2D eigenvalue weighted by Gasteiger charge is 2.36. The molecule has 0 N–H and O–H groups in total. The van der Waals surface area contributed by atoms with E-state index in [0.717, 1.165) is 28.3 Å². The summed E-state index contributed by atoms with van der Waals surface area (Å²) in [6.45, 7) is 4.93. The molecule has 3 rings (SSSR count). The summed E-state index contributed by atoms with van der Waals surface area (Å²) in [5, 5.41) is 0. The number of alkyl halides is 3. The number of hydrogen-bond donors (Lipinski definition) is 0. The van der Waals surface area contributed by atoms with Crippen molar-refractivity contribution in [3.05, 3.63) is 59.7 Å². The minimum atomic E-state index is -4.42. The third-order valence-electron chi connectivity index (χ3n) is 5.73. The van der Waals surface area contributed by atoms with Gasteiger partial charge in [0.15, 0.2) is 0 Å². The van der Waals surface area contributed by atoms with E-state index in [9.17, 15) is 26.4 Å². The lowest BCUT2D eigenvalue weighted by Crippen LogP contribution is -2.56. The number of benzene rings is 2. The van der Waals surface area contributed by atoms with Gasteiger partial charge in [0, 0.05) is 31.9 Å². The first-order valence-corrected chi connectivity index (χ1v) is 12.5. The fourth-order valence-corrected chi connectivity index (χ4v) is 5.22. The molecule has 0 bridgehead atoms. The zero-order valence-electron chi connectivity index (χ0n) is 18.8. The molecule has 2 aromatic rings. The molecule has 0 radical (unpaired) electrons. The highest BCUT2D eigenvalue weighted by Crippen LogP contribution is 2.32. The molecule has 0 spiro atoms. The van der Waals surface area contributed by atoms with Gasteiger partial charge in [-0.2, -0.15) is 13.2 Å². The van der Waals surface area contributed by atoms with Crippen LogP contribution in [0.15, 0.2) is 48.5 Å². The lowest BCUT2D eigenvalue weighted by molar-refractivity contribution is -0.137. The average Bonchev–Trinajstić information content (AvgIpc) is 2.76. The quantitative estimate of drug-likeness (QED) is 0.625. The molecule has 1 aliphatic heterocycles. The van der Waals surface area contributed by atoms with Crippen LogP contribution in [-0.2, 0) is 21.0 Å². The largest absolute Gasteiger partial charge is 0.416 e. The molecule has 1 saturated heterocycles. The van der Waals surface area contributed by atoms with Crippen molar-refractivity contribution < 1.29 is 26.4 Å². The van der Waals surface area contributed by atoms with Crippen LogP contribution in [-0.4, -0.2) is 57.7 Å². The van der Waals surface area contributed by atoms with Gasteiger partial charge in [0.25, 0.3) is 0 Å². The van der Waals surface area contributed by atoms with E-state index in [1.54, 1.807) is 47.1 Å². The number of amides is 1. The number of nitrogens with zero attached hydrogens (tertiary/aromatic N) is 3. The van der Waals surface area contributed by atoms with Crippen molar-refractivity contribution in [2.45, 2.75) is 32.5 Å². The number of hydrogen-bond acceptors (Lipinski definition) is 4. The Morgan fingerprint density at radius 2 is 1.67 bits per heavy atom. The van der Waals surface area contributed by atoms with Gasteiger partial charge in [0.1, 0.15) is 6.04 Å². The predicted octanol–water partition coefficient (Wildman–Crippen LogP) is 3.91. The smallest absolute Gasteiger partial charge is 0.368 e. The molecule has 1 atom stereocenters. The third-order valence-corrected chi connectivity index (χ3v) is 6.91. The van der Waals surface area contributed by atoms with Crippen LogP contribution in [0, 0.1) is 6.92 Å². The van der Waals surface area contributed by atoms with Crippen LogP contribution in [0.5, 0.6) is 0 Å². The van der Waals surface area contributed by atoms with E-state index in [4.69, 9.17) is 0 Å². The molecule has 10 heteroatoms. The third kappa shape index (κ3) is 5.79. The van der Waals surface area contributed by atoms with Crippen LogP contribution in [0.4, 0.5) is 24.5 Å². The number of aryl methyl sites for hydroxylation is 1. The maximum Gasteiger partial charge on any atom is 0.416 e. The van der Waals surface area contributed by atoms with Crippen molar-refractivity contribution >= 4 is 27.3 Å². The van der Waals surface area contributed by atoms with Crippen molar-refractivity contribution in [3.63, 3.8) is 0 Å². The molecular formula is C23H28F3N3O3S. The minimum absolute atomic E-state index is 0.285. The van der Waals surface area contributed by atoms with Gasteiger partial charge < -0.3 is 9.80 Å². The minimum Gasteiger partial charge on any atom is -0.368 e. The first-order valence-electron chi connectivity index (χ1n) is 10.7. The maximum atomic E-state index is 13.3. The zero-order valence-corrected chi connectivity index (χ0v) is 19.7. The maximum absolute atomic E-state index is 13.3. The number of halogens is 3. The Hall–Kier alpha value is -2.75. The van der Waals surface area contributed by atoms with E-state index in [-0.39, 0.29) is 25.4 Å². The number of carbonyl (C=O) groups is 1. The van der Waals surface area contributed by atoms with Gasteiger partial charge in [-0.05, 0) is 43.7 Å².